The third-order valence-corrected chi connectivity index (χ3v) is 1.45. The Morgan fingerprint density at radius 1 is 1.73 bits per heavy atom. The molecule has 1 aromatic rings. The molecule has 1 rings (SSSR count). The minimum Gasteiger partial charge on any atom is -0.305 e. The summed E-state index contributed by atoms with van der Waals surface area (Å²) in [6.45, 7) is 1.81. The lowest BCUT2D eigenvalue weighted by molar-refractivity contribution is 0.622. The van der Waals surface area contributed by atoms with Crippen LogP contribution in [0.3, 0.4) is 0 Å². The summed E-state index contributed by atoms with van der Waals surface area (Å²) in [6.07, 6.45) is 3.28. The standard InChI is InChI=1S/C8H9FN2/c1-2-8(10)6-5-11-4-3-7(6)9/h3-5,10H,2H2,1H3. The molecule has 0 aliphatic carbocycles. The van der Waals surface area contributed by atoms with E-state index < -0.39 is 0 Å². The molecule has 3 heteroatoms. The van der Waals surface area contributed by atoms with E-state index in [4.69, 9.17) is 5.41 Å². The number of pyridine rings is 1. The quantitative estimate of drug-likeness (QED) is 0.646. The molecule has 2 nitrogen and oxygen atoms in total. The van der Waals surface area contributed by atoms with Crippen LogP contribution in [0.1, 0.15) is 18.9 Å². The summed E-state index contributed by atoms with van der Waals surface area (Å²) in [6, 6.07) is 1.26. The molecule has 0 radical (unpaired) electrons. The van der Waals surface area contributed by atoms with Crippen molar-refractivity contribution in [2.45, 2.75) is 13.3 Å². The maximum Gasteiger partial charge on any atom is 0.135 e. The smallest absolute Gasteiger partial charge is 0.135 e. The van der Waals surface area contributed by atoms with Gasteiger partial charge in [-0.05, 0) is 12.5 Å². The highest BCUT2D eigenvalue weighted by Gasteiger charge is 2.04. The van der Waals surface area contributed by atoms with Gasteiger partial charge in [-0.2, -0.15) is 0 Å². The van der Waals surface area contributed by atoms with Crippen molar-refractivity contribution in [2.24, 2.45) is 0 Å². The summed E-state index contributed by atoms with van der Waals surface area (Å²) in [7, 11) is 0. The average molecular weight is 152 g/mol. The van der Waals surface area contributed by atoms with E-state index in [1.165, 1.54) is 18.5 Å². The van der Waals surface area contributed by atoms with E-state index in [2.05, 4.69) is 4.98 Å². The second kappa shape index (κ2) is 3.23. The molecular weight excluding hydrogens is 143 g/mol. The van der Waals surface area contributed by atoms with E-state index >= 15 is 0 Å². The molecule has 0 aliphatic heterocycles. The van der Waals surface area contributed by atoms with Gasteiger partial charge in [-0.25, -0.2) is 4.39 Å². The maximum absolute atomic E-state index is 12.8. The Morgan fingerprint density at radius 2 is 2.45 bits per heavy atom. The molecule has 0 aliphatic rings. The summed E-state index contributed by atoms with van der Waals surface area (Å²) in [5.74, 6) is -0.369. The molecule has 58 valence electrons. The van der Waals surface area contributed by atoms with Crippen LogP contribution in [0.4, 0.5) is 4.39 Å². The molecule has 0 atom stereocenters. The zero-order valence-electron chi connectivity index (χ0n) is 6.26. The van der Waals surface area contributed by atoms with Gasteiger partial charge in [0.1, 0.15) is 5.82 Å². The van der Waals surface area contributed by atoms with Gasteiger partial charge in [0, 0.05) is 23.7 Å². The SMILES string of the molecule is CCC(=N)c1cnccc1F. The van der Waals surface area contributed by atoms with Crippen molar-refractivity contribution in [1.82, 2.24) is 4.98 Å². The van der Waals surface area contributed by atoms with Crippen LogP contribution < -0.4 is 0 Å². The van der Waals surface area contributed by atoms with Gasteiger partial charge in [0.15, 0.2) is 0 Å². The number of rotatable bonds is 2. The van der Waals surface area contributed by atoms with Crippen molar-refractivity contribution in [3.8, 4) is 0 Å². The lowest BCUT2D eigenvalue weighted by atomic mass is 10.1. The first-order chi connectivity index (χ1) is 5.25. The fourth-order valence-corrected chi connectivity index (χ4v) is 0.790. The number of aromatic nitrogens is 1. The van der Waals surface area contributed by atoms with Gasteiger partial charge in [0.25, 0.3) is 0 Å². The molecule has 11 heavy (non-hydrogen) atoms. The molecule has 0 bridgehead atoms. The van der Waals surface area contributed by atoms with E-state index in [1.807, 2.05) is 6.92 Å². The van der Waals surface area contributed by atoms with Crippen LogP contribution >= 0.6 is 0 Å². The minimum absolute atomic E-state index is 0.288. The lowest BCUT2D eigenvalue weighted by Gasteiger charge is -1.99. The maximum atomic E-state index is 12.8. The largest absolute Gasteiger partial charge is 0.305 e. The van der Waals surface area contributed by atoms with Crippen LogP contribution in [0.25, 0.3) is 0 Å². The van der Waals surface area contributed by atoms with Crippen LogP contribution in [-0.4, -0.2) is 10.7 Å². The number of nitrogens with one attached hydrogen (secondary N) is 1. The summed E-state index contributed by atoms with van der Waals surface area (Å²) in [5.41, 5.74) is 0.589. The summed E-state index contributed by atoms with van der Waals surface area (Å²) < 4.78 is 12.8. The molecule has 0 unspecified atom stereocenters. The van der Waals surface area contributed by atoms with Crippen LogP contribution in [-0.2, 0) is 0 Å². The Labute approximate surface area is 64.6 Å². The topological polar surface area (TPSA) is 36.7 Å². The highest BCUT2D eigenvalue weighted by Crippen LogP contribution is 2.06. The minimum atomic E-state index is -0.369. The molecule has 0 aromatic carbocycles. The van der Waals surface area contributed by atoms with Gasteiger partial charge in [-0.3, -0.25) is 4.98 Å². The van der Waals surface area contributed by atoms with Gasteiger partial charge < -0.3 is 5.41 Å². The Bertz CT molecular complexity index is 271. The van der Waals surface area contributed by atoms with Crippen LogP contribution in [0.15, 0.2) is 18.5 Å². The van der Waals surface area contributed by atoms with Crippen molar-refractivity contribution < 1.29 is 4.39 Å². The Balaban J connectivity index is 3.03. The van der Waals surface area contributed by atoms with Gasteiger partial charge in [-0.1, -0.05) is 6.92 Å². The number of nitrogens with zero attached hydrogens (tertiary/aromatic N) is 1. The van der Waals surface area contributed by atoms with Crippen molar-refractivity contribution in [3.63, 3.8) is 0 Å². The number of hydrogen-bond donors (Lipinski definition) is 1. The molecule has 1 heterocycles. The first-order valence-corrected chi connectivity index (χ1v) is 3.43. The molecule has 0 fully saturated rings. The van der Waals surface area contributed by atoms with Crippen molar-refractivity contribution >= 4 is 5.71 Å². The molecule has 0 spiro atoms. The predicted molar refractivity (Wildman–Crippen MR) is 41.3 cm³/mol. The Kier molecular flexibility index (Phi) is 2.31. The molecular formula is C8H9FN2. The molecule has 0 amide bonds. The fourth-order valence-electron chi connectivity index (χ4n) is 0.790. The van der Waals surface area contributed by atoms with Crippen LogP contribution in [0.2, 0.25) is 0 Å². The van der Waals surface area contributed by atoms with Gasteiger partial charge in [0.2, 0.25) is 0 Å². The van der Waals surface area contributed by atoms with Crippen molar-refractivity contribution in [2.75, 3.05) is 0 Å². The summed E-state index contributed by atoms with van der Waals surface area (Å²) >= 11 is 0. The van der Waals surface area contributed by atoms with E-state index in [1.54, 1.807) is 0 Å². The predicted octanol–water partition coefficient (Wildman–Crippen LogP) is 2.00. The first-order valence-electron chi connectivity index (χ1n) is 3.43. The van der Waals surface area contributed by atoms with Gasteiger partial charge in [0.05, 0.1) is 0 Å². The molecule has 0 saturated carbocycles. The van der Waals surface area contributed by atoms with Crippen molar-refractivity contribution in [1.29, 1.82) is 5.41 Å². The van der Waals surface area contributed by atoms with Crippen LogP contribution in [0, 0.1) is 11.2 Å². The fraction of sp³-hybridized carbons (Fsp3) is 0.250. The van der Waals surface area contributed by atoms with E-state index in [0.29, 0.717) is 12.0 Å². The average Bonchev–Trinajstić information content (AvgIpc) is 2.04. The second-order valence-electron chi connectivity index (χ2n) is 2.19. The zero-order chi connectivity index (χ0) is 8.27. The third kappa shape index (κ3) is 1.61. The van der Waals surface area contributed by atoms with Gasteiger partial charge in [-0.15, -0.1) is 0 Å². The number of hydrogen-bond acceptors (Lipinski definition) is 2. The third-order valence-electron chi connectivity index (χ3n) is 1.45. The van der Waals surface area contributed by atoms with Crippen molar-refractivity contribution in [3.05, 3.63) is 29.8 Å². The highest BCUT2D eigenvalue weighted by molar-refractivity contribution is 5.97. The first kappa shape index (κ1) is 7.85. The molecule has 1 N–H and O–H groups in total. The van der Waals surface area contributed by atoms with E-state index in [0.717, 1.165) is 0 Å². The lowest BCUT2D eigenvalue weighted by Crippen LogP contribution is -2.00. The zero-order valence-corrected chi connectivity index (χ0v) is 6.26. The monoisotopic (exact) mass is 152 g/mol. The molecule has 0 saturated heterocycles. The Morgan fingerprint density at radius 3 is 3.00 bits per heavy atom. The summed E-state index contributed by atoms with van der Waals surface area (Å²) in [5, 5.41) is 7.34. The van der Waals surface area contributed by atoms with Gasteiger partial charge >= 0.3 is 0 Å². The van der Waals surface area contributed by atoms with Crippen LogP contribution in [0.5, 0.6) is 0 Å². The highest BCUT2D eigenvalue weighted by atomic mass is 19.1. The van der Waals surface area contributed by atoms with E-state index in [-0.39, 0.29) is 11.5 Å². The second-order valence-corrected chi connectivity index (χ2v) is 2.19. The summed E-state index contributed by atoms with van der Waals surface area (Å²) in [4.78, 5) is 3.73. The van der Waals surface area contributed by atoms with E-state index in [9.17, 15) is 4.39 Å². The normalized spacial score (nSPS) is 9.64. The molecule has 1 aromatic heterocycles. The Hall–Kier alpha value is -1.25. The number of halogens is 1.